The average Bonchev–Trinajstić information content (AvgIpc) is 2.74. The van der Waals surface area contributed by atoms with Crippen molar-refractivity contribution in [2.75, 3.05) is 0 Å². The zero-order valence-electron chi connectivity index (χ0n) is 22.9. The van der Waals surface area contributed by atoms with E-state index < -0.39 is 28.3 Å². The van der Waals surface area contributed by atoms with Crippen LogP contribution in [0.5, 0.6) is 0 Å². The lowest BCUT2D eigenvalue weighted by Crippen LogP contribution is -2.48. The molecule has 0 aliphatic heterocycles. The minimum absolute atomic E-state index is 0.103. The van der Waals surface area contributed by atoms with Crippen molar-refractivity contribution in [3.05, 3.63) is 0 Å². The van der Waals surface area contributed by atoms with Crippen LogP contribution < -0.4 is 5.14 Å². The smallest absolute Gasteiger partial charge is 0.303 e. The van der Waals surface area contributed by atoms with Gasteiger partial charge in [0.05, 0.1) is 0 Å². The van der Waals surface area contributed by atoms with Gasteiger partial charge in [-0.25, -0.2) is 18.7 Å². The molecule has 6 N–H and O–H groups in total. The van der Waals surface area contributed by atoms with Gasteiger partial charge < -0.3 is 14.7 Å². The molecule has 0 heterocycles. The number of nitrogens with two attached hydrogens (primary N) is 1. The van der Waals surface area contributed by atoms with Crippen molar-refractivity contribution in [3.8, 4) is 0 Å². The van der Waals surface area contributed by atoms with E-state index >= 15 is 0 Å². The van der Waals surface area contributed by atoms with Crippen LogP contribution in [0.4, 0.5) is 0 Å². The molecule has 0 bridgehead atoms. The Balaban J connectivity index is 0.00000132. The monoisotopic (exact) mass is 605 g/mol. The number of nitrogens with zero attached hydrogens (tertiary/aromatic N) is 1. The molecule has 11 nitrogen and oxygen atoms in total. The number of nitrogens with one attached hydrogen (secondary N) is 1. The molecule has 1 atom stereocenters. The van der Waals surface area contributed by atoms with Crippen molar-refractivity contribution in [1.29, 1.82) is 4.78 Å². The standard InChI is InChI=1S/C24H49N3O4S2.H3O4P/c25-32(28,31-33(26,29)30)27(23-19-15-11-7-3-1-4-8-12-16-20-23)24-21-17-13-9-5-2-6-10-14-18-22-24;1-5(2,3)4/h23-25H,1-22H2,(H2,26,29,30);(H3,1,2,3,4). The molecule has 1 unspecified atom stereocenters. The Bertz CT molecular complexity index is 821. The van der Waals surface area contributed by atoms with E-state index in [-0.39, 0.29) is 12.1 Å². The van der Waals surface area contributed by atoms with Crippen LogP contribution in [0, 0.1) is 4.78 Å². The predicted molar refractivity (Wildman–Crippen MR) is 150 cm³/mol. The first-order chi connectivity index (χ1) is 17.8. The molecule has 2 aliphatic carbocycles. The molecule has 0 saturated heterocycles. The van der Waals surface area contributed by atoms with Gasteiger partial charge in [-0.3, -0.25) is 0 Å². The van der Waals surface area contributed by atoms with Crippen LogP contribution in [-0.4, -0.2) is 43.7 Å². The lowest BCUT2D eigenvalue weighted by molar-refractivity contribution is 0.188. The third-order valence-electron chi connectivity index (χ3n) is 7.33. The van der Waals surface area contributed by atoms with Gasteiger partial charge >= 0.3 is 18.1 Å². The molecule has 2 aliphatic rings. The van der Waals surface area contributed by atoms with Crippen molar-refractivity contribution in [2.45, 2.75) is 153 Å². The highest BCUT2D eigenvalue weighted by Crippen LogP contribution is 2.31. The summed E-state index contributed by atoms with van der Waals surface area (Å²) in [6.07, 6.45) is 24.4. The molecular formula is C24H52N3O8PS2. The van der Waals surface area contributed by atoms with E-state index in [1.165, 1.54) is 64.2 Å². The van der Waals surface area contributed by atoms with Gasteiger partial charge in [-0.1, -0.05) is 116 Å². The Morgan fingerprint density at radius 1 is 0.605 bits per heavy atom. The van der Waals surface area contributed by atoms with Crippen molar-refractivity contribution in [3.63, 3.8) is 0 Å². The van der Waals surface area contributed by atoms with E-state index in [0.29, 0.717) is 0 Å². The number of phosphoric acid groups is 1. The normalized spacial score (nSPS) is 23.4. The van der Waals surface area contributed by atoms with Crippen LogP contribution in [0.25, 0.3) is 0 Å². The Kier molecular flexibility index (Phi) is 18.0. The first kappa shape index (κ1) is 35.9. The highest BCUT2D eigenvalue weighted by atomic mass is 32.3. The van der Waals surface area contributed by atoms with Crippen molar-refractivity contribution >= 4 is 28.3 Å². The van der Waals surface area contributed by atoms with Crippen LogP contribution in [0.1, 0.15) is 141 Å². The maximum Gasteiger partial charge on any atom is 0.466 e. The molecule has 228 valence electrons. The van der Waals surface area contributed by atoms with E-state index in [1.807, 2.05) is 0 Å². The lowest BCUT2D eigenvalue weighted by atomic mass is 9.94. The summed E-state index contributed by atoms with van der Waals surface area (Å²) in [6, 6.07) is -0.205. The third kappa shape index (κ3) is 19.0. The minimum atomic E-state index is -4.64. The van der Waals surface area contributed by atoms with Crippen molar-refractivity contribution < 1.29 is 35.5 Å². The Morgan fingerprint density at radius 2 is 0.816 bits per heavy atom. The van der Waals surface area contributed by atoms with Crippen molar-refractivity contribution in [1.82, 2.24) is 4.31 Å². The van der Waals surface area contributed by atoms with Crippen LogP contribution in [0.15, 0.2) is 0 Å². The number of rotatable bonds is 5. The molecule has 0 aromatic carbocycles. The van der Waals surface area contributed by atoms with Gasteiger partial charge in [0.25, 0.3) is 0 Å². The molecule has 2 saturated carbocycles. The fourth-order valence-electron chi connectivity index (χ4n) is 5.65. The predicted octanol–water partition coefficient (Wildman–Crippen LogP) is 5.80. The Hall–Kier alpha value is -0.110. The molecule has 0 aromatic heterocycles. The first-order valence-corrected chi connectivity index (χ1v) is 18.9. The summed E-state index contributed by atoms with van der Waals surface area (Å²) in [7, 11) is -13.1. The summed E-state index contributed by atoms with van der Waals surface area (Å²) in [5.41, 5.74) is 0. The molecule has 2 fully saturated rings. The summed E-state index contributed by atoms with van der Waals surface area (Å²) in [6.45, 7) is 0. The van der Waals surface area contributed by atoms with Gasteiger partial charge in [-0.2, -0.15) is 12.7 Å². The summed E-state index contributed by atoms with van der Waals surface area (Å²) < 4.78 is 61.0. The van der Waals surface area contributed by atoms with Crippen molar-refractivity contribution in [2.24, 2.45) is 5.14 Å². The molecule has 38 heavy (non-hydrogen) atoms. The second-order valence-electron chi connectivity index (χ2n) is 10.7. The molecule has 0 radical (unpaired) electrons. The molecule has 0 amide bonds. The highest BCUT2D eigenvalue weighted by Gasteiger charge is 2.36. The summed E-state index contributed by atoms with van der Waals surface area (Å²) in [5, 5.41) is 5.12. The SMILES string of the molecule is N=S(=O)(OS(N)(=O)=O)N(C1CCCCCCCCCCC1)C1CCCCCCCCCCC1.O=P(O)(O)O. The van der Waals surface area contributed by atoms with Gasteiger partial charge in [0, 0.05) is 12.1 Å². The summed E-state index contributed by atoms with van der Waals surface area (Å²) >= 11 is 0. The number of hydrogen-bond donors (Lipinski definition) is 5. The minimum Gasteiger partial charge on any atom is -0.303 e. The molecule has 14 heteroatoms. The second kappa shape index (κ2) is 19.1. The Morgan fingerprint density at radius 3 is 1.03 bits per heavy atom. The molecular weight excluding hydrogens is 553 g/mol. The quantitative estimate of drug-likeness (QED) is 0.243. The van der Waals surface area contributed by atoms with Crippen LogP contribution >= 0.6 is 7.82 Å². The Labute approximate surface area is 231 Å². The van der Waals surface area contributed by atoms with Crippen LogP contribution in [0.3, 0.4) is 0 Å². The van der Waals surface area contributed by atoms with Gasteiger partial charge in [0.15, 0.2) is 0 Å². The first-order valence-electron chi connectivity index (χ1n) is 14.4. The fourth-order valence-corrected chi connectivity index (χ4v) is 8.16. The topological polar surface area (TPSA) is 191 Å². The third-order valence-corrected chi connectivity index (χ3v) is 9.98. The van der Waals surface area contributed by atoms with E-state index in [1.54, 1.807) is 4.31 Å². The lowest BCUT2D eigenvalue weighted by Gasteiger charge is -2.38. The summed E-state index contributed by atoms with van der Waals surface area (Å²) in [5.74, 6) is 0. The van der Waals surface area contributed by atoms with Gasteiger partial charge in [0.1, 0.15) is 0 Å². The second-order valence-corrected chi connectivity index (χ2v) is 14.7. The van der Waals surface area contributed by atoms with Gasteiger partial charge in [-0.05, 0) is 25.7 Å². The van der Waals surface area contributed by atoms with E-state index in [0.717, 1.165) is 77.0 Å². The largest absolute Gasteiger partial charge is 0.466 e. The molecule has 2 rings (SSSR count). The van der Waals surface area contributed by atoms with Crippen LogP contribution in [0.2, 0.25) is 0 Å². The molecule has 0 aromatic rings. The van der Waals surface area contributed by atoms with E-state index in [9.17, 15) is 12.6 Å². The average molecular weight is 606 g/mol. The van der Waals surface area contributed by atoms with Gasteiger partial charge in [-0.15, -0.1) is 3.63 Å². The van der Waals surface area contributed by atoms with E-state index in [2.05, 4.69) is 0 Å². The highest BCUT2D eigenvalue weighted by molar-refractivity contribution is 7.98. The fraction of sp³-hybridized carbons (Fsp3) is 1.00. The zero-order chi connectivity index (χ0) is 28.5. The maximum absolute atomic E-state index is 13.6. The molecule has 0 spiro atoms. The van der Waals surface area contributed by atoms with Crippen LogP contribution in [-0.2, 0) is 28.7 Å². The number of hydrogen-bond acceptors (Lipinski definition) is 6. The zero-order valence-corrected chi connectivity index (χ0v) is 25.4. The maximum atomic E-state index is 13.6. The van der Waals surface area contributed by atoms with E-state index in [4.69, 9.17) is 32.8 Å². The van der Waals surface area contributed by atoms with Gasteiger partial charge in [0.2, 0.25) is 10.2 Å². The summed E-state index contributed by atoms with van der Waals surface area (Å²) in [4.78, 5) is 21.6.